The number of fused-ring (bicyclic) bond motifs is 7. The Morgan fingerprint density at radius 3 is 2.16 bits per heavy atom. The molecule has 5 nitrogen and oxygen atoms in total. The van der Waals surface area contributed by atoms with Crippen LogP contribution in [-0.4, -0.2) is 45.3 Å². The SMILES string of the molecule is CS(C)=O.C[C@@]1(C(=O)O)CC[C@]2(C)CC[C@]3(C)C(=CC[C@@H]4[C@@]5(C)CCC(=O)[C@](C)(CO)[C@@H]5CC[C@]43C)[C@@H]2C1. The molecular weight excluding hydrogens is 496 g/mol. The fourth-order valence-electron chi connectivity index (χ4n) is 10.4. The molecule has 216 valence electrons. The van der Waals surface area contributed by atoms with Crippen molar-refractivity contribution in [2.45, 2.75) is 106 Å². The predicted molar refractivity (Wildman–Crippen MR) is 153 cm³/mol. The molecule has 5 aliphatic carbocycles. The van der Waals surface area contributed by atoms with Crippen LogP contribution in [0, 0.1) is 50.2 Å². The first-order chi connectivity index (χ1) is 17.4. The summed E-state index contributed by atoms with van der Waals surface area (Å²) in [4.78, 5) is 25.2. The minimum atomic E-state index is -0.634. The third-order valence-corrected chi connectivity index (χ3v) is 13.2. The van der Waals surface area contributed by atoms with Gasteiger partial charge in [-0.3, -0.25) is 13.8 Å². The second-order valence-corrected chi connectivity index (χ2v) is 16.8. The van der Waals surface area contributed by atoms with Crippen molar-refractivity contribution in [2.75, 3.05) is 19.1 Å². The van der Waals surface area contributed by atoms with Crippen molar-refractivity contribution in [1.29, 1.82) is 0 Å². The zero-order valence-corrected chi connectivity index (χ0v) is 25.9. The number of ketones is 1. The molecule has 0 aliphatic heterocycles. The van der Waals surface area contributed by atoms with Gasteiger partial charge in [0.05, 0.1) is 17.4 Å². The number of aliphatic hydroxyl groups excluding tert-OH is 1. The lowest BCUT2D eigenvalue weighted by Crippen LogP contribution is -2.65. The molecule has 0 aromatic carbocycles. The third kappa shape index (κ3) is 4.13. The van der Waals surface area contributed by atoms with E-state index < -0.39 is 27.6 Å². The van der Waals surface area contributed by atoms with Crippen molar-refractivity contribution in [2.24, 2.45) is 50.2 Å². The summed E-state index contributed by atoms with van der Waals surface area (Å²) in [7, 11) is -0.611. The van der Waals surface area contributed by atoms with Crippen LogP contribution in [0.2, 0.25) is 0 Å². The van der Waals surface area contributed by atoms with Gasteiger partial charge in [0.1, 0.15) is 5.78 Å². The molecule has 0 amide bonds. The molecule has 0 saturated heterocycles. The molecule has 0 heterocycles. The van der Waals surface area contributed by atoms with Crippen LogP contribution in [0.1, 0.15) is 106 Å². The van der Waals surface area contributed by atoms with E-state index in [9.17, 15) is 24.0 Å². The molecule has 0 radical (unpaired) electrons. The van der Waals surface area contributed by atoms with Gasteiger partial charge in [-0.05, 0) is 104 Å². The van der Waals surface area contributed by atoms with Gasteiger partial charge in [0.2, 0.25) is 0 Å². The molecule has 0 aromatic heterocycles. The maximum atomic E-state index is 13.0. The Hall–Kier alpha value is -1.01. The van der Waals surface area contributed by atoms with Gasteiger partial charge in [-0.15, -0.1) is 0 Å². The van der Waals surface area contributed by atoms with Gasteiger partial charge < -0.3 is 10.2 Å². The minimum absolute atomic E-state index is 0.0396. The van der Waals surface area contributed by atoms with Crippen molar-refractivity contribution in [3.63, 3.8) is 0 Å². The van der Waals surface area contributed by atoms with Crippen LogP contribution in [0.25, 0.3) is 0 Å². The van der Waals surface area contributed by atoms with E-state index in [1.807, 2.05) is 13.8 Å². The zero-order valence-electron chi connectivity index (χ0n) is 25.1. The lowest BCUT2D eigenvalue weighted by molar-refractivity contribution is -0.192. The third-order valence-electron chi connectivity index (χ3n) is 13.2. The molecule has 5 rings (SSSR count). The molecule has 2 N–H and O–H groups in total. The van der Waals surface area contributed by atoms with E-state index in [2.05, 4.69) is 33.8 Å². The van der Waals surface area contributed by atoms with E-state index in [0.717, 1.165) is 44.9 Å². The summed E-state index contributed by atoms with van der Waals surface area (Å²) in [5, 5.41) is 20.4. The Morgan fingerprint density at radius 1 is 0.974 bits per heavy atom. The van der Waals surface area contributed by atoms with Gasteiger partial charge >= 0.3 is 5.97 Å². The van der Waals surface area contributed by atoms with Crippen LogP contribution < -0.4 is 0 Å². The summed E-state index contributed by atoms with van der Waals surface area (Å²) in [6.07, 6.45) is 15.4. The van der Waals surface area contributed by atoms with E-state index in [1.165, 1.54) is 12.8 Å². The quantitative estimate of drug-likeness (QED) is 0.389. The summed E-state index contributed by atoms with van der Waals surface area (Å²) < 4.78 is 9.56. The second kappa shape index (κ2) is 9.53. The second-order valence-electron chi connectivity index (χ2n) is 15.3. The summed E-state index contributed by atoms with van der Waals surface area (Å²) in [5.74, 6) is 0.695. The minimum Gasteiger partial charge on any atom is -0.481 e. The predicted octanol–water partition coefficient (Wildman–Crippen LogP) is 6.41. The highest BCUT2D eigenvalue weighted by molar-refractivity contribution is 7.83. The molecular formula is C32H52O5S. The standard InChI is InChI=1S/C30H46O4.C2H6OS/c1-25-13-14-26(2,24(33)34)17-20(25)19-7-8-22-27(3)11-10-23(32)28(4,18-31)21(27)9-12-30(22,6)29(19,5)16-15-25;1-4(2)3/h7,20-22,31H,8-18H2,1-6H3,(H,33,34);1-2H3/t20-,21+,22+,25+,26+,27-,28+,29+,30+;/m0./s1. The number of hydrogen-bond donors (Lipinski definition) is 2. The van der Waals surface area contributed by atoms with Crippen LogP contribution in [0.5, 0.6) is 0 Å². The number of aliphatic carboxylic acids is 1. The molecule has 0 bridgehead atoms. The monoisotopic (exact) mass is 548 g/mol. The van der Waals surface area contributed by atoms with E-state index in [-0.39, 0.29) is 40.0 Å². The molecule has 0 spiro atoms. The highest BCUT2D eigenvalue weighted by Gasteiger charge is 2.68. The number of carboxylic acid groups (broad SMARTS) is 1. The Kier molecular flexibility index (Phi) is 7.52. The van der Waals surface area contributed by atoms with Crippen molar-refractivity contribution in [1.82, 2.24) is 0 Å². The van der Waals surface area contributed by atoms with Crippen LogP contribution in [-0.2, 0) is 20.4 Å². The largest absolute Gasteiger partial charge is 0.481 e. The molecule has 4 saturated carbocycles. The number of Topliss-reactive ketones (excluding diaryl/α,β-unsaturated/α-hetero) is 1. The van der Waals surface area contributed by atoms with E-state index >= 15 is 0 Å². The summed E-state index contributed by atoms with van der Waals surface area (Å²) in [5.41, 5.74) is 0.781. The zero-order chi connectivity index (χ0) is 28.5. The Morgan fingerprint density at radius 2 is 1.58 bits per heavy atom. The van der Waals surface area contributed by atoms with Crippen LogP contribution >= 0.6 is 0 Å². The molecule has 0 unspecified atom stereocenters. The van der Waals surface area contributed by atoms with E-state index in [0.29, 0.717) is 18.3 Å². The lowest BCUT2D eigenvalue weighted by atomic mass is 9.33. The number of carbonyl (C=O) groups is 2. The molecule has 38 heavy (non-hydrogen) atoms. The molecule has 9 atom stereocenters. The molecule has 0 aromatic rings. The molecule has 6 heteroatoms. The number of carboxylic acids is 1. The highest BCUT2D eigenvalue weighted by atomic mass is 32.2. The van der Waals surface area contributed by atoms with Crippen molar-refractivity contribution in [3.05, 3.63) is 11.6 Å². The first kappa shape index (κ1) is 30.0. The normalized spacial score (nSPS) is 49.9. The highest BCUT2D eigenvalue weighted by Crippen LogP contribution is 2.75. The van der Waals surface area contributed by atoms with Gasteiger partial charge in [0, 0.05) is 29.7 Å². The number of rotatable bonds is 2. The number of hydrogen-bond acceptors (Lipinski definition) is 4. The maximum Gasteiger partial charge on any atom is 0.309 e. The first-order valence-corrected chi connectivity index (χ1v) is 16.7. The lowest BCUT2D eigenvalue weighted by Gasteiger charge is -2.70. The number of allylic oxidation sites excluding steroid dienone is 2. The summed E-state index contributed by atoms with van der Waals surface area (Å²) >= 11 is 0. The molecule has 5 aliphatic rings. The average Bonchev–Trinajstić information content (AvgIpc) is 2.83. The van der Waals surface area contributed by atoms with Crippen molar-refractivity contribution in [3.8, 4) is 0 Å². The Balaban J connectivity index is 0.000000786. The van der Waals surface area contributed by atoms with E-state index in [4.69, 9.17) is 0 Å². The Bertz CT molecular complexity index is 1050. The smallest absolute Gasteiger partial charge is 0.309 e. The van der Waals surface area contributed by atoms with Gasteiger partial charge in [-0.25, -0.2) is 0 Å². The van der Waals surface area contributed by atoms with E-state index in [1.54, 1.807) is 18.1 Å². The van der Waals surface area contributed by atoms with Crippen LogP contribution in [0.3, 0.4) is 0 Å². The summed E-state index contributed by atoms with van der Waals surface area (Å²) in [6.45, 7) is 13.8. The average molecular weight is 549 g/mol. The Labute approximate surface area is 233 Å². The fourth-order valence-corrected chi connectivity index (χ4v) is 10.4. The van der Waals surface area contributed by atoms with Gasteiger partial charge in [0.25, 0.3) is 0 Å². The number of carbonyl (C=O) groups excluding carboxylic acids is 1. The topological polar surface area (TPSA) is 91.7 Å². The van der Waals surface area contributed by atoms with Crippen molar-refractivity contribution >= 4 is 22.6 Å². The number of aliphatic hydroxyl groups is 1. The van der Waals surface area contributed by atoms with Gasteiger partial charge in [-0.2, -0.15) is 0 Å². The fraction of sp³-hybridized carbons (Fsp3) is 0.875. The first-order valence-electron chi connectivity index (χ1n) is 14.8. The van der Waals surface area contributed by atoms with Crippen molar-refractivity contribution < 1.29 is 24.0 Å². The van der Waals surface area contributed by atoms with Crippen LogP contribution in [0.15, 0.2) is 11.6 Å². The maximum absolute atomic E-state index is 13.0. The van der Waals surface area contributed by atoms with Gasteiger partial charge in [-0.1, -0.05) is 46.3 Å². The van der Waals surface area contributed by atoms with Gasteiger partial charge in [0.15, 0.2) is 0 Å². The molecule has 4 fully saturated rings. The summed E-state index contributed by atoms with van der Waals surface area (Å²) in [6, 6.07) is 0. The van der Waals surface area contributed by atoms with Crippen LogP contribution in [0.4, 0.5) is 0 Å².